The van der Waals surface area contributed by atoms with E-state index in [1.807, 2.05) is 47.2 Å². The largest absolute Gasteiger partial charge is 0.291 e. The van der Waals surface area contributed by atoms with Crippen molar-refractivity contribution in [2.75, 3.05) is 12.1 Å². The van der Waals surface area contributed by atoms with Crippen molar-refractivity contribution in [2.45, 2.75) is 0 Å². The molecule has 1 amide bonds. The lowest BCUT2D eigenvalue weighted by molar-refractivity contribution is 0.0947. The summed E-state index contributed by atoms with van der Waals surface area (Å²) in [6.45, 7) is 0. The highest BCUT2D eigenvalue weighted by atomic mass is 32.1. The van der Waals surface area contributed by atoms with Crippen LogP contribution in [0.25, 0.3) is 11.3 Å². The first-order chi connectivity index (χ1) is 9.75. The Balaban J connectivity index is 1.80. The first kappa shape index (κ1) is 12.6. The number of amides is 1. The third-order valence-corrected chi connectivity index (χ3v) is 3.57. The van der Waals surface area contributed by atoms with Crippen molar-refractivity contribution in [1.29, 1.82) is 0 Å². The Bertz CT molecular complexity index is 697. The second kappa shape index (κ2) is 5.26. The number of para-hydroxylation sites is 1. The van der Waals surface area contributed by atoms with Crippen LogP contribution in [0.2, 0.25) is 0 Å². The molecule has 2 aliphatic rings. The minimum atomic E-state index is -0.266. The van der Waals surface area contributed by atoms with Gasteiger partial charge in [-0.15, -0.1) is 10.2 Å². The molecule has 0 saturated carbocycles. The number of hydrogen-bond acceptors (Lipinski definition) is 5. The molecule has 0 unspecified atom stereocenters. The van der Waals surface area contributed by atoms with Gasteiger partial charge in [0, 0.05) is 18.0 Å². The summed E-state index contributed by atoms with van der Waals surface area (Å²) in [6, 6.07) is 11.4. The maximum Gasteiger partial charge on any atom is 0.291 e. The summed E-state index contributed by atoms with van der Waals surface area (Å²) < 4.78 is 0. The SMILES string of the molecule is CN(NC(=O)c1nnc2ccscc1-2)c1ccccc1. The van der Waals surface area contributed by atoms with Crippen molar-refractivity contribution in [2.24, 2.45) is 0 Å². The highest BCUT2D eigenvalue weighted by Gasteiger charge is 2.20. The van der Waals surface area contributed by atoms with Crippen LogP contribution >= 0.6 is 11.3 Å². The molecule has 0 spiro atoms. The number of carbonyl (C=O) groups excluding carboxylic acids is 1. The number of fused-ring (bicyclic) bond motifs is 1. The van der Waals surface area contributed by atoms with Crippen molar-refractivity contribution in [3.63, 3.8) is 0 Å². The van der Waals surface area contributed by atoms with Gasteiger partial charge in [0.25, 0.3) is 5.91 Å². The maximum absolute atomic E-state index is 12.3. The van der Waals surface area contributed by atoms with Gasteiger partial charge in [0.1, 0.15) is 0 Å². The van der Waals surface area contributed by atoms with Crippen LogP contribution in [0.5, 0.6) is 0 Å². The Morgan fingerprint density at radius 1 is 1.20 bits per heavy atom. The summed E-state index contributed by atoms with van der Waals surface area (Å²) in [6.07, 6.45) is 0. The van der Waals surface area contributed by atoms with E-state index in [1.54, 1.807) is 12.1 Å². The maximum atomic E-state index is 12.3. The number of hydrogen-bond donors (Lipinski definition) is 1. The van der Waals surface area contributed by atoms with Crippen LogP contribution in [0, 0.1) is 0 Å². The van der Waals surface area contributed by atoms with E-state index in [0.717, 1.165) is 16.9 Å². The van der Waals surface area contributed by atoms with E-state index in [0.29, 0.717) is 5.69 Å². The summed E-state index contributed by atoms with van der Waals surface area (Å²) in [7, 11) is 1.79. The van der Waals surface area contributed by atoms with E-state index >= 15 is 0 Å². The lowest BCUT2D eigenvalue weighted by Crippen LogP contribution is -2.39. The van der Waals surface area contributed by atoms with Crippen molar-refractivity contribution in [3.05, 3.63) is 52.9 Å². The van der Waals surface area contributed by atoms with Crippen LogP contribution in [0.3, 0.4) is 0 Å². The molecule has 20 heavy (non-hydrogen) atoms. The summed E-state index contributed by atoms with van der Waals surface area (Å²) in [5.41, 5.74) is 5.54. The quantitative estimate of drug-likeness (QED) is 0.750. The van der Waals surface area contributed by atoms with E-state index in [4.69, 9.17) is 0 Å². The van der Waals surface area contributed by atoms with Crippen LogP contribution in [0.1, 0.15) is 10.5 Å². The van der Waals surface area contributed by atoms with E-state index in [1.165, 1.54) is 11.3 Å². The highest BCUT2D eigenvalue weighted by molar-refractivity contribution is 7.07. The number of benzene rings is 1. The molecule has 0 aromatic heterocycles. The van der Waals surface area contributed by atoms with Gasteiger partial charge in [-0.25, -0.2) is 0 Å². The van der Waals surface area contributed by atoms with Crippen LogP contribution in [-0.4, -0.2) is 23.2 Å². The summed E-state index contributed by atoms with van der Waals surface area (Å²) in [5, 5.41) is 13.4. The Morgan fingerprint density at radius 3 is 2.80 bits per heavy atom. The first-order valence-corrected chi connectivity index (χ1v) is 6.98. The topological polar surface area (TPSA) is 58.1 Å². The molecule has 1 aromatic carbocycles. The molecule has 5 nitrogen and oxygen atoms in total. The summed E-state index contributed by atoms with van der Waals surface area (Å²) in [5.74, 6) is -0.266. The van der Waals surface area contributed by atoms with Crippen molar-refractivity contribution in [1.82, 2.24) is 15.6 Å². The van der Waals surface area contributed by atoms with Crippen molar-refractivity contribution < 1.29 is 4.79 Å². The predicted octanol–water partition coefficient (Wildman–Crippen LogP) is 2.42. The monoisotopic (exact) mass is 284 g/mol. The number of carbonyl (C=O) groups is 1. The average molecular weight is 284 g/mol. The zero-order chi connectivity index (χ0) is 13.9. The predicted molar refractivity (Wildman–Crippen MR) is 78.8 cm³/mol. The van der Waals surface area contributed by atoms with Crippen molar-refractivity contribution >= 4 is 22.9 Å². The van der Waals surface area contributed by atoms with E-state index in [9.17, 15) is 4.79 Å². The number of nitrogens with zero attached hydrogens (tertiary/aromatic N) is 3. The molecule has 3 rings (SSSR count). The number of aromatic nitrogens is 2. The molecule has 0 bridgehead atoms. The fraction of sp³-hybridized carbons (Fsp3) is 0.0714. The molecule has 0 fully saturated rings. The zero-order valence-corrected chi connectivity index (χ0v) is 11.6. The third kappa shape index (κ3) is 2.33. The second-order valence-corrected chi connectivity index (χ2v) is 5.02. The third-order valence-electron chi connectivity index (χ3n) is 2.91. The van der Waals surface area contributed by atoms with Gasteiger partial charge in [-0.3, -0.25) is 15.2 Å². The van der Waals surface area contributed by atoms with Gasteiger partial charge < -0.3 is 0 Å². The van der Waals surface area contributed by atoms with E-state index in [-0.39, 0.29) is 5.91 Å². The fourth-order valence-corrected chi connectivity index (χ4v) is 2.53. The molecule has 0 atom stereocenters. The van der Waals surface area contributed by atoms with Gasteiger partial charge in [-0.05, 0) is 23.6 Å². The molecule has 0 aliphatic carbocycles. The molecule has 1 aromatic rings. The van der Waals surface area contributed by atoms with Crippen molar-refractivity contribution in [3.8, 4) is 11.3 Å². The molecular formula is C14H12N4OS. The Kier molecular flexibility index (Phi) is 3.30. The van der Waals surface area contributed by atoms with Crippen LogP contribution in [-0.2, 0) is 0 Å². The van der Waals surface area contributed by atoms with Gasteiger partial charge in [0.05, 0.1) is 11.4 Å². The zero-order valence-electron chi connectivity index (χ0n) is 10.8. The van der Waals surface area contributed by atoms with Gasteiger partial charge in [-0.1, -0.05) is 18.2 Å². The molecule has 2 aliphatic heterocycles. The smallest absolute Gasteiger partial charge is 0.288 e. The Labute approximate surface area is 120 Å². The fourth-order valence-electron chi connectivity index (χ4n) is 1.87. The summed E-state index contributed by atoms with van der Waals surface area (Å²) >= 11 is 1.51. The van der Waals surface area contributed by atoms with Crippen LogP contribution < -0.4 is 10.4 Å². The minimum Gasteiger partial charge on any atom is -0.288 e. The number of nitrogens with one attached hydrogen (secondary N) is 1. The number of anilines is 1. The molecule has 100 valence electrons. The number of hydrazine groups is 1. The molecule has 2 heterocycles. The van der Waals surface area contributed by atoms with Crippen LogP contribution in [0.15, 0.2) is 47.2 Å². The van der Waals surface area contributed by atoms with Gasteiger partial charge in [-0.2, -0.15) is 11.3 Å². The normalized spacial score (nSPS) is 10.4. The summed E-state index contributed by atoms with van der Waals surface area (Å²) in [4.78, 5) is 12.3. The Hall–Kier alpha value is -2.47. The van der Waals surface area contributed by atoms with E-state index < -0.39 is 0 Å². The number of rotatable bonds is 3. The highest BCUT2D eigenvalue weighted by Crippen LogP contribution is 2.24. The lowest BCUT2D eigenvalue weighted by Gasteiger charge is -2.19. The molecule has 0 saturated heterocycles. The first-order valence-electron chi connectivity index (χ1n) is 6.04. The standard InChI is InChI=1S/C14H12N4OS/c1-18(10-5-3-2-4-6-10)17-14(19)13-11-9-20-8-7-12(11)15-16-13/h2-9H,1H3,(H,17,19). The minimum absolute atomic E-state index is 0.266. The second-order valence-electron chi connectivity index (χ2n) is 4.24. The average Bonchev–Trinajstić information content (AvgIpc) is 2.92. The molecular weight excluding hydrogens is 272 g/mol. The van der Waals surface area contributed by atoms with Gasteiger partial charge in [0.15, 0.2) is 5.69 Å². The molecule has 1 N–H and O–H groups in total. The van der Waals surface area contributed by atoms with E-state index in [2.05, 4.69) is 15.6 Å². The molecule has 0 radical (unpaired) electrons. The van der Waals surface area contributed by atoms with Gasteiger partial charge in [0.2, 0.25) is 0 Å². The molecule has 6 heteroatoms. The van der Waals surface area contributed by atoms with Gasteiger partial charge >= 0.3 is 0 Å². The van der Waals surface area contributed by atoms with Crippen LogP contribution in [0.4, 0.5) is 5.69 Å². The lowest BCUT2D eigenvalue weighted by atomic mass is 10.2. The Morgan fingerprint density at radius 2 is 2.00 bits per heavy atom.